The normalized spacial score (nSPS) is 11.8. The van der Waals surface area contributed by atoms with Gasteiger partial charge in [0.1, 0.15) is 16.7 Å². The maximum absolute atomic E-state index is 6.43. The fourth-order valence-electron chi connectivity index (χ4n) is 8.28. The van der Waals surface area contributed by atoms with Gasteiger partial charge in [-0.1, -0.05) is 140 Å². The van der Waals surface area contributed by atoms with E-state index in [0.717, 1.165) is 76.8 Å². The summed E-state index contributed by atoms with van der Waals surface area (Å²) in [6, 6.07) is 62.6. The van der Waals surface area contributed by atoms with Crippen LogP contribution in [0.5, 0.6) is 0 Å². The minimum Gasteiger partial charge on any atom is -0.456 e. The van der Waals surface area contributed by atoms with Gasteiger partial charge in [0.25, 0.3) is 0 Å². The van der Waals surface area contributed by atoms with Gasteiger partial charge in [0, 0.05) is 27.6 Å². The average molecular weight is 743 g/mol. The number of hydrogen-bond acceptors (Lipinski definition) is 6. The first-order valence-corrected chi connectivity index (χ1v) is 19.3. The SMILES string of the molecule is c1ccc(-c2nc3ccc4oc5cc6ccc(-c7nc(-c8ccc(-c9cccc%10ccccc9%10)cc8)nc(-c8cccc9ccccc89)n7)cc6cc5c4c3o2)cc1. The standard InChI is InChI=1S/C52H30N4O2/c1-2-12-35(13-3-1)52-53-44-26-27-45-47(48(44)58-52)43-29-38-28-37(25-24-36(38)30-46(43)57-45)50-54-49(55-51(56-50)42-19-9-15-32-11-5-7-17-41(32)42)34-22-20-33(21-23-34)40-18-8-14-31-10-4-6-16-39(31)40/h1-30H. The molecule has 12 aromatic rings. The fourth-order valence-corrected chi connectivity index (χ4v) is 8.28. The molecule has 6 heteroatoms. The van der Waals surface area contributed by atoms with Crippen molar-refractivity contribution < 1.29 is 8.83 Å². The Morgan fingerprint density at radius 1 is 0.328 bits per heavy atom. The van der Waals surface area contributed by atoms with E-state index in [1.165, 1.54) is 16.3 Å². The highest BCUT2D eigenvalue weighted by molar-refractivity contribution is 6.19. The van der Waals surface area contributed by atoms with Crippen LogP contribution in [0.2, 0.25) is 0 Å². The fraction of sp³-hybridized carbons (Fsp3) is 0. The molecule has 0 aliphatic carbocycles. The topological polar surface area (TPSA) is 77.8 Å². The van der Waals surface area contributed by atoms with Crippen LogP contribution in [0.1, 0.15) is 0 Å². The summed E-state index contributed by atoms with van der Waals surface area (Å²) in [4.78, 5) is 20.3. The van der Waals surface area contributed by atoms with Crippen molar-refractivity contribution in [2.75, 3.05) is 0 Å². The zero-order valence-corrected chi connectivity index (χ0v) is 30.9. The van der Waals surface area contributed by atoms with Crippen molar-refractivity contribution in [1.29, 1.82) is 0 Å². The van der Waals surface area contributed by atoms with E-state index in [9.17, 15) is 0 Å². The maximum atomic E-state index is 6.43. The van der Waals surface area contributed by atoms with Crippen molar-refractivity contribution in [2.24, 2.45) is 0 Å². The van der Waals surface area contributed by atoms with E-state index in [2.05, 4.69) is 140 Å². The van der Waals surface area contributed by atoms with Crippen LogP contribution in [-0.2, 0) is 0 Å². The van der Waals surface area contributed by atoms with Gasteiger partial charge in [-0.05, 0) is 85.9 Å². The highest BCUT2D eigenvalue weighted by atomic mass is 16.4. The van der Waals surface area contributed by atoms with Crippen molar-refractivity contribution in [3.63, 3.8) is 0 Å². The molecule has 3 heterocycles. The summed E-state index contributed by atoms with van der Waals surface area (Å²) >= 11 is 0. The van der Waals surface area contributed by atoms with E-state index in [0.29, 0.717) is 28.9 Å². The van der Waals surface area contributed by atoms with Crippen LogP contribution in [0.3, 0.4) is 0 Å². The van der Waals surface area contributed by atoms with E-state index < -0.39 is 0 Å². The summed E-state index contributed by atoms with van der Waals surface area (Å²) < 4.78 is 12.8. The predicted molar refractivity (Wildman–Crippen MR) is 234 cm³/mol. The second kappa shape index (κ2) is 12.8. The first kappa shape index (κ1) is 32.3. The van der Waals surface area contributed by atoms with Crippen LogP contribution >= 0.6 is 0 Å². The zero-order chi connectivity index (χ0) is 38.2. The number of fused-ring (bicyclic) bond motifs is 8. The van der Waals surface area contributed by atoms with Gasteiger partial charge in [0.15, 0.2) is 23.1 Å². The van der Waals surface area contributed by atoms with E-state index in [-0.39, 0.29) is 0 Å². The van der Waals surface area contributed by atoms with Crippen molar-refractivity contribution in [3.8, 4) is 56.7 Å². The Hall–Kier alpha value is -7.96. The van der Waals surface area contributed by atoms with Crippen LogP contribution in [0.25, 0.3) is 122 Å². The monoisotopic (exact) mass is 742 g/mol. The first-order chi connectivity index (χ1) is 28.7. The Balaban J connectivity index is 1.01. The molecule has 0 atom stereocenters. The molecule has 9 aromatic carbocycles. The molecular weight excluding hydrogens is 713 g/mol. The van der Waals surface area contributed by atoms with Gasteiger partial charge in [-0.25, -0.2) is 19.9 Å². The molecule has 0 aliphatic heterocycles. The van der Waals surface area contributed by atoms with Crippen molar-refractivity contribution in [3.05, 3.63) is 182 Å². The highest BCUT2D eigenvalue weighted by Gasteiger charge is 2.19. The third kappa shape index (κ3) is 5.27. The second-order valence-corrected chi connectivity index (χ2v) is 14.6. The van der Waals surface area contributed by atoms with Crippen LogP contribution in [0.4, 0.5) is 0 Å². The van der Waals surface area contributed by atoms with E-state index in [1.54, 1.807) is 0 Å². The predicted octanol–water partition coefficient (Wildman–Crippen LogP) is 13.7. The molecule has 0 N–H and O–H groups in total. The Morgan fingerprint density at radius 2 is 0.966 bits per heavy atom. The minimum atomic E-state index is 0.580. The zero-order valence-electron chi connectivity index (χ0n) is 30.9. The molecule has 0 amide bonds. The molecule has 270 valence electrons. The average Bonchev–Trinajstić information content (AvgIpc) is 3.89. The summed E-state index contributed by atoms with van der Waals surface area (Å²) in [7, 11) is 0. The molecule has 0 saturated carbocycles. The molecule has 58 heavy (non-hydrogen) atoms. The lowest BCUT2D eigenvalue weighted by molar-refractivity contribution is 0.622. The molecule has 0 bridgehead atoms. The number of rotatable bonds is 5. The van der Waals surface area contributed by atoms with Crippen molar-refractivity contribution in [2.45, 2.75) is 0 Å². The van der Waals surface area contributed by atoms with Gasteiger partial charge in [-0.15, -0.1) is 0 Å². The molecular formula is C52H30N4O2. The van der Waals surface area contributed by atoms with Crippen LogP contribution < -0.4 is 0 Å². The molecule has 3 aromatic heterocycles. The summed E-state index contributed by atoms with van der Waals surface area (Å²) in [5.41, 5.74) is 9.02. The molecule has 12 rings (SSSR count). The van der Waals surface area contributed by atoms with E-state index in [1.807, 2.05) is 42.5 Å². The van der Waals surface area contributed by atoms with E-state index in [4.69, 9.17) is 28.8 Å². The van der Waals surface area contributed by atoms with Gasteiger partial charge < -0.3 is 8.83 Å². The first-order valence-electron chi connectivity index (χ1n) is 19.3. The molecule has 0 unspecified atom stereocenters. The number of furan rings is 1. The maximum Gasteiger partial charge on any atom is 0.227 e. The number of oxazole rings is 1. The third-order valence-electron chi connectivity index (χ3n) is 11.1. The quantitative estimate of drug-likeness (QED) is 0.175. The van der Waals surface area contributed by atoms with Gasteiger partial charge >= 0.3 is 0 Å². The lowest BCUT2D eigenvalue weighted by Crippen LogP contribution is -2.00. The molecule has 0 radical (unpaired) electrons. The summed E-state index contributed by atoms with van der Waals surface area (Å²) in [6.07, 6.45) is 0. The van der Waals surface area contributed by atoms with Crippen molar-refractivity contribution >= 4 is 65.4 Å². The molecule has 0 saturated heterocycles. The van der Waals surface area contributed by atoms with Gasteiger partial charge in [0.2, 0.25) is 5.89 Å². The number of aromatic nitrogens is 4. The second-order valence-electron chi connectivity index (χ2n) is 14.6. The highest BCUT2D eigenvalue weighted by Crippen LogP contribution is 2.39. The molecule has 6 nitrogen and oxygen atoms in total. The Bertz CT molecular complexity index is 3560. The minimum absolute atomic E-state index is 0.580. The van der Waals surface area contributed by atoms with Crippen LogP contribution in [-0.4, -0.2) is 19.9 Å². The molecule has 0 spiro atoms. The van der Waals surface area contributed by atoms with Gasteiger partial charge in [-0.3, -0.25) is 0 Å². The Kier molecular flexibility index (Phi) is 7.13. The lowest BCUT2D eigenvalue weighted by Gasteiger charge is -2.11. The van der Waals surface area contributed by atoms with Crippen LogP contribution in [0, 0.1) is 0 Å². The van der Waals surface area contributed by atoms with Crippen LogP contribution in [0.15, 0.2) is 191 Å². The largest absolute Gasteiger partial charge is 0.456 e. The number of hydrogen-bond donors (Lipinski definition) is 0. The molecule has 0 aliphatic rings. The summed E-state index contributed by atoms with van der Waals surface area (Å²) in [5, 5.41) is 8.58. The molecule has 0 fully saturated rings. The van der Waals surface area contributed by atoms with Gasteiger partial charge in [-0.2, -0.15) is 0 Å². The third-order valence-corrected chi connectivity index (χ3v) is 11.1. The Labute approximate surface area is 331 Å². The summed E-state index contributed by atoms with van der Waals surface area (Å²) in [5.74, 6) is 2.40. The smallest absolute Gasteiger partial charge is 0.227 e. The summed E-state index contributed by atoms with van der Waals surface area (Å²) in [6.45, 7) is 0. The van der Waals surface area contributed by atoms with Crippen molar-refractivity contribution in [1.82, 2.24) is 19.9 Å². The Morgan fingerprint density at radius 3 is 1.76 bits per heavy atom. The lowest BCUT2D eigenvalue weighted by atomic mass is 9.97. The van der Waals surface area contributed by atoms with E-state index >= 15 is 0 Å². The number of nitrogens with zero attached hydrogens (tertiary/aromatic N) is 4. The van der Waals surface area contributed by atoms with Gasteiger partial charge in [0.05, 0.1) is 5.39 Å². The number of benzene rings is 9.